The molecule has 7 nitrogen and oxygen atoms in total. The van der Waals surface area contributed by atoms with Crippen LogP contribution in [0.5, 0.6) is 0 Å². The van der Waals surface area contributed by atoms with Gasteiger partial charge in [0.25, 0.3) is 0 Å². The summed E-state index contributed by atoms with van der Waals surface area (Å²) in [5.41, 5.74) is 1.24. The van der Waals surface area contributed by atoms with Gasteiger partial charge in [0, 0.05) is 65.1 Å². The molecule has 162 valence electrons. The molecule has 7 heteroatoms. The number of nitrogens with one attached hydrogen (secondary N) is 2. The lowest BCUT2D eigenvalue weighted by Crippen LogP contribution is -2.48. The third kappa shape index (κ3) is 6.57. The summed E-state index contributed by atoms with van der Waals surface area (Å²) >= 11 is 0. The highest BCUT2D eigenvalue weighted by Gasteiger charge is 2.19. The molecule has 2 aliphatic rings. The minimum atomic E-state index is 0.511. The number of rotatable bonds is 7. The monoisotopic (exact) mass is 401 g/mol. The van der Waals surface area contributed by atoms with Crippen molar-refractivity contribution in [3.63, 3.8) is 0 Å². The van der Waals surface area contributed by atoms with E-state index in [0.29, 0.717) is 6.04 Å². The number of piperazine rings is 1. The van der Waals surface area contributed by atoms with Crippen LogP contribution in [0.2, 0.25) is 0 Å². The zero-order valence-corrected chi connectivity index (χ0v) is 18.5. The van der Waals surface area contributed by atoms with Gasteiger partial charge in [-0.15, -0.1) is 0 Å². The molecule has 0 aliphatic carbocycles. The van der Waals surface area contributed by atoms with E-state index in [-0.39, 0.29) is 0 Å². The molecule has 3 rings (SSSR count). The summed E-state index contributed by atoms with van der Waals surface area (Å²) in [6.07, 6.45) is 5.54. The van der Waals surface area contributed by atoms with Crippen LogP contribution in [0.25, 0.3) is 0 Å². The van der Waals surface area contributed by atoms with Crippen LogP contribution < -0.4 is 15.5 Å². The minimum absolute atomic E-state index is 0.511. The van der Waals surface area contributed by atoms with E-state index in [9.17, 15) is 0 Å². The molecule has 0 atom stereocenters. The first-order chi connectivity index (χ1) is 14.2. The first-order valence-corrected chi connectivity index (χ1v) is 11.3. The van der Waals surface area contributed by atoms with Gasteiger partial charge < -0.3 is 25.3 Å². The maximum atomic E-state index is 4.61. The van der Waals surface area contributed by atoms with Crippen LogP contribution in [0, 0.1) is 0 Å². The van der Waals surface area contributed by atoms with E-state index in [2.05, 4.69) is 61.3 Å². The molecule has 0 radical (unpaired) electrons. The van der Waals surface area contributed by atoms with Crippen LogP contribution >= 0.6 is 0 Å². The second kappa shape index (κ2) is 11.4. The Labute approximate surface area is 176 Å². The smallest absolute Gasteiger partial charge is 0.191 e. The number of hydrogen-bond acceptors (Lipinski definition) is 5. The molecule has 3 heterocycles. The van der Waals surface area contributed by atoms with Crippen molar-refractivity contribution in [3.8, 4) is 0 Å². The minimum Gasteiger partial charge on any atom is -0.354 e. The Hall–Kier alpha value is -1.86. The van der Waals surface area contributed by atoms with Gasteiger partial charge in [0.05, 0.1) is 0 Å². The van der Waals surface area contributed by atoms with Crippen LogP contribution in [-0.4, -0.2) is 86.2 Å². The second-order valence-electron chi connectivity index (χ2n) is 8.13. The van der Waals surface area contributed by atoms with Gasteiger partial charge in [0.2, 0.25) is 0 Å². The second-order valence-corrected chi connectivity index (χ2v) is 8.13. The largest absolute Gasteiger partial charge is 0.354 e. The molecule has 0 unspecified atom stereocenters. The summed E-state index contributed by atoms with van der Waals surface area (Å²) in [6, 6.07) is 4.82. The van der Waals surface area contributed by atoms with E-state index < -0.39 is 0 Å². The van der Waals surface area contributed by atoms with Crippen molar-refractivity contribution in [3.05, 3.63) is 23.9 Å². The maximum Gasteiger partial charge on any atom is 0.191 e. The molecule has 0 aromatic carbocycles. The number of aromatic nitrogens is 1. The topological polar surface area (TPSA) is 59.0 Å². The SMILES string of the molecule is CCCN1CCC(NC(=NC)NCc2ccnc(N3CCN(CC)CC3)c2)CC1. The number of anilines is 1. The van der Waals surface area contributed by atoms with Gasteiger partial charge >= 0.3 is 0 Å². The van der Waals surface area contributed by atoms with E-state index in [1.54, 1.807) is 0 Å². The Morgan fingerprint density at radius 3 is 2.52 bits per heavy atom. The lowest BCUT2D eigenvalue weighted by molar-refractivity contribution is 0.206. The van der Waals surface area contributed by atoms with Crippen molar-refractivity contribution >= 4 is 11.8 Å². The Balaban J connectivity index is 1.46. The molecule has 0 saturated carbocycles. The van der Waals surface area contributed by atoms with E-state index >= 15 is 0 Å². The quantitative estimate of drug-likeness (QED) is 0.536. The Bertz CT molecular complexity index is 632. The first-order valence-electron chi connectivity index (χ1n) is 11.3. The predicted molar refractivity (Wildman–Crippen MR) is 122 cm³/mol. The highest BCUT2D eigenvalue weighted by molar-refractivity contribution is 5.80. The number of piperidine rings is 1. The molecule has 2 aliphatic heterocycles. The summed E-state index contributed by atoms with van der Waals surface area (Å²) in [7, 11) is 1.85. The number of hydrogen-bond donors (Lipinski definition) is 2. The Morgan fingerprint density at radius 2 is 1.86 bits per heavy atom. The average Bonchev–Trinajstić information content (AvgIpc) is 2.78. The summed E-state index contributed by atoms with van der Waals surface area (Å²) in [6.45, 7) is 14.3. The van der Waals surface area contributed by atoms with Gasteiger partial charge in [-0.25, -0.2) is 4.98 Å². The molecule has 2 N–H and O–H groups in total. The predicted octanol–water partition coefficient (Wildman–Crippen LogP) is 1.76. The molecular formula is C22H39N7. The fourth-order valence-corrected chi connectivity index (χ4v) is 4.23. The van der Waals surface area contributed by atoms with Gasteiger partial charge in [-0.05, 0) is 50.0 Å². The van der Waals surface area contributed by atoms with Crippen LogP contribution in [0.3, 0.4) is 0 Å². The molecule has 2 saturated heterocycles. The molecule has 0 spiro atoms. The van der Waals surface area contributed by atoms with E-state index in [0.717, 1.165) is 51.0 Å². The fourth-order valence-electron chi connectivity index (χ4n) is 4.23. The highest BCUT2D eigenvalue weighted by atomic mass is 15.3. The fraction of sp³-hybridized carbons (Fsp3) is 0.727. The van der Waals surface area contributed by atoms with Crippen molar-refractivity contribution in [1.82, 2.24) is 25.4 Å². The molecule has 1 aromatic rings. The Kier molecular flexibility index (Phi) is 8.55. The molecule has 0 bridgehead atoms. The molecule has 29 heavy (non-hydrogen) atoms. The van der Waals surface area contributed by atoms with Gasteiger partial charge in [0.1, 0.15) is 5.82 Å². The van der Waals surface area contributed by atoms with Crippen LogP contribution in [-0.2, 0) is 6.54 Å². The van der Waals surface area contributed by atoms with Gasteiger partial charge in [-0.1, -0.05) is 13.8 Å². The number of guanidine groups is 1. The number of nitrogens with zero attached hydrogens (tertiary/aromatic N) is 5. The summed E-state index contributed by atoms with van der Waals surface area (Å²) in [4.78, 5) is 16.5. The van der Waals surface area contributed by atoms with Crippen molar-refractivity contribution in [2.45, 2.75) is 45.7 Å². The van der Waals surface area contributed by atoms with Gasteiger partial charge in [0.15, 0.2) is 5.96 Å². The molecule has 0 amide bonds. The zero-order valence-electron chi connectivity index (χ0n) is 18.5. The summed E-state index contributed by atoms with van der Waals surface area (Å²) < 4.78 is 0. The summed E-state index contributed by atoms with van der Waals surface area (Å²) in [5.74, 6) is 1.99. The average molecular weight is 402 g/mol. The maximum absolute atomic E-state index is 4.61. The Morgan fingerprint density at radius 1 is 1.10 bits per heavy atom. The van der Waals surface area contributed by atoms with Crippen molar-refractivity contribution in [2.24, 2.45) is 4.99 Å². The number of likely N-dealkylation sites (tertiary alicyclic amines) is 1. The van der Waals surface area contributed by atoms with Gasteiger partial charge in [-0.3, -0.25) is 4.99 Å². The van der Waals surface area contributed by atoms with Crippen molar-refractivity contribution < 1.29 is 0 Å². The van der Waals surface area contributed by atoms with Crippen LogP contribution in [0.1, 0.15) is 38.7 Å². The third-order valence-electron chi connectivity index (χ3n) is 6.11. The van der Waals surface area contributed by atoms with Crippen LogP contribution in [0.4, 0.5) is 5.82 Å². The van der Waals surface area contributed by atoms with Crippen LogP contribution in [0.15, 0.2) is 23.3 Å². The number of pyridine rings is 1. The molecular weight excluding hydrogens is 362 g/mol. The standard InChI is InChI=1S/C22H39N7/c1-4-10-28-11-7-20(8-12-28)26-22(23-3)25-18-19-6-9-24-21(17-19)29-15-13-27(5-2)14-16-29/h6,9,17,20H,4-5,7-8,10-16,18H2,1-3H3,(H2,23,25,26). The normalized spacial score (nSPS) is 20.1. The third-order valence-corrected chi connectivity index (χ3v) is 6.11. The van der Waals surface area contributed by atoms with E-state index in [1.807, 2.05) is 13.2 Å². The van der Waals surface area contributed by atoms with Crippen molar-refractivity contribution in [1.29, 1.82) is 0 Å². The number of aliphatic imine (C=N–C) groups is 1. The van der Waals surface area contributed by atoms with Gasteiger partial charge in [-0.2, -0.15) is 0 Å². The lowest BCUT2D eigenvalue weighted by atomic mass is 10.1. The zero-order chi connectivity index (χ0) is 20.5. The van der Waals surface area contributed by atoms with Crippen molar-refractivity contribution in [2.75, 3.05) is 64.3 Å². The number of likely N-dealkylation sites (N-methyl/N-ethyl adjacent to an activating group) is 1. The molecule has 1 aromatic heterocycles. The molecule has 2 fully saturated rings. The lowest BCUT2D eigenvalue weighted by Gasteiger charge is -2.34. The highest BCUT2D eigenvalue weighted by Crippen LogP contribution is 2.15. The van der Waals surface area contributed by atoms with E-state index in [4.69, 9.17) is 0 Å². The first kappa shape index (κ1) is 21.8. The summed E-state index contributed by atoms with van der Waals surface area (Å²) in [5, 5.41) is 7.09. The van der Waals surface area contributed by atoms with E-state index in [1.165, 1.54) is 44.5 Å².